The molecule has 0 heterocycles. The fourth-order valence-corrected chi connectivity index (χ4v) is 1.24. The number of methoxy groups -OCH3 is 2. The summed E-state index contributed by atoms with van der Waals surface area (Å²) < 4.78 is 10.2. The van der Waals surface area contributed by atoms with Gasteiger partial charge in [0, 0.05) is 25.3 Å². The zero-order valence-electron chi connectivity index (χ0n) is 8.68. The van der Waals surface area contributed by atoms with E-state index in [0.29, 0.717) is 5.56 Å². The van der Waals surface area contributed by atoms with Crippen LogP contribution in [0.4, 0.5) is 0 Å². The molecule has 0 aliphatic heterocycles. The molecule has 0 aliphatic rings. The highest BCUT2D eigenvalue weighted by atomic mass is 16.7. The minimum absolute atomic E-state index is 0.0768. The van der Waals surface area contributed by atoms with E-state index in [1.165, 1.54) is 0 Å². The van der Waals surface area contributed by atoms with Crippen LogP contribution < -0.4 is 5.73 Å². The molecule has 5 heteroatoms. The van der Waals surface area contributed by atoms with E-state index in [1.54, 1.807) is 38.5 Å². The summed E-state index contributed by atoms with van der Waals surface area (Å²) in [6, 6.07) is 7.06. The number of hydrogen-bond acceptors (Lipinski definition) is 4. The number of benzene rings is 1. The lowest BCUT2D eigenvalue weighted by molar-refractivity contribution is -0.106. The van der Waals surface area contributed by atoms with Crippen LogP contribution in [0.15, 0.2) is 29.4 Å². The number of oxime groups is 1. The molecule has 0 atom stereocenters. The van der Waals surface area contributed by atoms with Crippen molar-refractivity contribution in [3.05, 3.63) is 35.4 Å². The predicted molar refractivity (Wildman–Crippen MR) is 55.7 cm³/mol. The summed E-state index contributed by atoms with van der Waals surface area (Å²) in [7, 11) is 3.12. The summed E-state index contributed by atoms with van der Waals surface area (Å²) in [6.45, 7) is 0. The molecule has 0 unspecified atom stereocenters. The number of nitrogens with zero attached hydrogens (tertiary/aromatic N) is 1. The zero-order valence-corrected chi connectivity index (χ0v) is 8.68. The number of nitrogens with two attached hydrogens (primary N) is 1. The van der Waals surface area contributed by atoms with Gasteiger partial charge in [0.05, 0.1) is 0 Å². The van der Waals surface area contributed by atoms with Gasteiger partial charge in [-0.1, -0.05) is 29.4 Å². The van der Waals surface area contributed by atoms with Crippen LogP contribution in [0.25, 0.3) is 0 Å². The average molecular weight is 210 g/mol. The molecule has 15 heavy (non-hydrogen) atoms. The van der Waals surface area contributed by atoms with E-state index in [1.807, 2.05) is 0 Å². The van der Waals surface area contributed by atoms with E-state index < -0.39 is 6.29 Å². The second-order valence-electron chi connectivity index (χ2n) is 2.91. The van der Waals surface area contributed by atoms with Crippen molar-refractivity contribution in [1.82, 2.24) is 0 Å². The Labute approximate surface area is 88.1 Å². The van der Waals surface area contributed by atoms with E-state index in [-0.39, 0.29) is 5.84 Å². The van der Waals surface area contributed by atoms with Gasteiger partial charge in [0.25, 0.3) is 0 Å². The third-order valence-electron chi connectivity index (χ3n) is 2.01. The lowest BCUT2D eigenvalue weighted by Gasteiger charge is -2.13. The lowest BCUT2D eigenvalue weighted by Crippen LogP contribution is -2.13. The first-order chi connectivity index (χ1) is 7.22. The monoisotopic (exact) mass is 210 g/mol. The second-order valence-corrected chi connectivity index (χ2v) is 2.91. The molecule has 1 aromatic rings. The largest absolute Gasteiger partial charge is 0.409 e. The summed E-state index contributed by atoms with van der Waals surface area (Å²) in [5.41, 5.74) is 6.94. The van der Waals surface area contributed by atoms with Gasteiger partial charge in [-0.05, 0) is 0 Å². The first kappa shape index (κ1) is 11.5. The van der Waals surface area contributed by atoms with Crippen molar-refractivity contribution >= 4 is 5.84 Å². The zero-order chi connectivity index (χ0) is 11.3. The molecule has 1 aromatic carbocycles. The van der Waals surface area contributed by atoms with Crippen LogP contribution in [-0.2, 0) is 9.47 Å². The highest BCUT2D eigenvalue weighted by Gasteiger charge is 2.08. The minimum atomic E-state index is -0.397. The smallest absolute Gasteiger partial charge is 0.183 e. The molecule has 82 valence electrons. The molecule has 5 nitrogen and oxygen atoms in total. The standard InChI is InChI=1S/C10H14N2O3/c1-14-10(15-2)8-5-3-7(4-6-8)9(11)12-13/h3-6,10,13H,1-2H3,(H2,11,12). The van der Waals surface area contributed by atoms with E-state index in [4.69, 9.17) is 20.4 Å². The van der Waals surface area contributed by atoms with Crippen molar-refractivity contribution in [2.45, 2.75) is 6.29 Å². The summed E-state index contributed by atoms with van der Waals surface area (Å²) in [5.74, 6) is 0.0768. The highest BCUT2D eigenvalue weighted by molar-refractivity contribution is 5.96. The van der Waals surface area contributed by atoms with Crippen molar-refractivity contribution < 1.29 is 14.7 Å². The number of ether oxygens (including phenoxy) is 2. The third kappa shape index (κ3) is 2.68. The Morgan fingerprint density at radius 3 is 2.20 bits per heavy atom. The molecule has 3 N–H and O–H groups in total. The van der Waals surface area contributed by atoms with Crippen molar-refractivity contribution in [2.75, 3.05) is 14.2 Å². The summed E-state index contributed by atoms with van der Waals surface area (Å²) in [4.78, 5) is 0. The lowest BCUT2D eigenvalue weighted by atomic mass is 10.1. The molecule has 1 rings (SSSR count). The Hall–Kier alpha value is -1.59. The number of amidine groups is 1. The normalized spacial score (nSPS) is 12.1. The van der Waals surface area contributed by atoms with E-state index in [2.05, 4.69) is 5.16 Å². The molecular formula is C10H14N2O3. The van der Waals surface area contributed by atoms with Gasteiger partial charge < -0.3 is 20.4 Å². The number of hydrogen-bond donors (Lipinski definition) is 2. The second kappa shape index (κ2) is 5.33. The minimum Gasteiger partial charge on any atom is -0.409 e. The van der Waals surface area contributed by atoms with Gasteiger partial charge in [0.2, 0.25) is 0 Å². The Balaban J connectivity index is 2.89. The van der Waals surface area contributed by atoms with Crippen molar-refractivity contribution in [1.29, 1.82) is 0 Å². The SMILES string of the molecule is COC(OC)c1ccc(C(N)=NO)cc1. The molecule has 0 saturated carbocycles. The van der Waals surface area contributed by atoms with Gasteiger partial charge in [-0.2, -0.15) is 0 Å². The molecule has 0 fully saturated rings. The quantitative estimate of drug-likeness (QED) is 0.256. The maximum absolute atomic E-state index is 8.47. The summed E-state index contributed by atoms with van der Waals surface area (Å²) >= 11 is 0. The molecule has 0 aliphatic carbocycles. The van der Waals surface area contributed by atoms with Crippen molar-refractivity contribution in [2.24, 2.45) is 10.9 Å². The fraction of sp³-hybridized carbons (Fsp3) is 0.300. The maximum atomic E-state index is 8.47. The Morgan fingerprint density at radius 1 is 1.27 bits per heavy atom. The van der Waals surface area contributed by atoms with Crippen LogP contribution in [0, 0.1) is 0 Å². The molecule has 0 aromatic heterocycles. The highest BCUT2D eigenvalue weighted by Crippen LogP contribution is 2.17. The van der Waals surface area contributed by atoms with Crippen molar-refractivity contribution in [3.8, 4) is 0 Å². The van der Waals surface area contributed by atoms with E-state index >= 15 is 0 Å². The average Bonchev–Trinajstić information content (AvgIpc) is 2.30. The Kier molecular flexibility index (Phi) is 4.08. The first-order valence-electron chi connectivity index (χ1n) is 4.36. The van der Waals surface area contributed by atoms with Gasteiger partial charge in [-0.25, -0.2) is 0 Å². The molecular weight excluding hydrogens is 196 g/mol. The van der Waals surface area contributed by atoms with E-state index in [0.717, 1.165) is 5.56 Å². The Bertz CT molecular complexity index is 331. The fourth-order valence-electron chi connectivity index (χ4n) is 1.24. The van der Waals surface area contributed by atoms with Crippen LogP contribution in [0.2, 0.25) is 0 Å². The van der Waals surface area contributed by atoms with Crippen LogP contribution in [0.3, 0.4) is 0 Å². The van der Waals surface area contributed by atoms with Gasteiger partial charge in [0.15, 0.2) is 12.1 Å². The molecule has 0 saturated heterocycles. The maximum Gasteiger partial charge on any atom is 0.183 e. The topological polar surface area (TPSA) is 77.1 Å². The van der Waals surface area contributed by atoms with Gasteiger partial charge >= 0.3 is 0 Å². The summed E-state index contributed by atoms with van der Waals surface area (Å²) in [6.07, 6.45) is -0.397. The molecule has 0 radical (unpaired) electrons. The molecule has 0 bridgehead atoms. The van der Waals surface area contributed by atoms with Crippen LogP contribution in [0.5, 0.6) is 0 Å². The number of rotatable bonds is 4. The van der Waals surface area contributed by atoms with Gasteiger partial charge in [-0.15, -0.1) is 0 Å². The first-order valence-corrected chi connectivity index (χ1v) is 4.36. The van der Waals surface area contributed by atoms with Gasteiger partial charge in [0.1, 0.15) is 0 Å². The molecule has 0 spiro atoms. The van der Waals surface area contributed by atoms with Crippen LogP contribution in [-0.4, -0.2) is 25.3 Å². The molecule has 0 amide bonds. The van der Waals surface area contributed by atoms with Crippen LogP contribution >= 0.6 is 0 Å². The predicted octanol–water partition coefficient (Wildman–Crippen LogP) is 1.07. The summed E-state index contributed by atoms with van der Waals surface area (Å²) in [5, 5.41) is 11.4. The Morgan fingerprint density at radius 2 is 1.80 bits per heavy atom. The third-order valence-corrected chi connectivity index (χ3v) is 2.01. The van der Waals surface area contributed by atoms with Gasteiger partial charge in [-0.3, -0.25) is 0 Å². The van der Waals surface area contributed by atoms with Crippen molar-refractivity contribution in [3.63, 3.8) is 0 Å². The van der Waals surface area contributed by atoms with Crippen LogP contribution in [0.1, 0.15) is 17.4 Å². The van der Waals surface area contributed by atoms with E-state index in [9.17, 15) is 0 Å².